The van der Waals surface area contributed by atoms with Crippen LogP contribution in [0.4, 0.5) is 0 Å². The van der Waals surface area contributed by atoms with Crippen molar-refractivity contribution in [2.75, 3.05) is 0 Å². The van der Waals surface area contributed by atoms with Gasteiger partial charge in [-0.1, -0.05) is 0 Å². The second kappa shape index (κ2) is 3.25. The molecule has 0 atom stereocenters. The predicted molar refractivity (Wildman–Crippen MR) is 74.2 cm³/mol. The van der Waals surface area contributed by atoms with Crippen LogP contribution in [0.1, 0.15) is 9.81 Å². The summed E-state index contributed by atoms with van der Waals surface area (Å²) in [5.41, 5.74) is 4.06. The number of hydrogen-bond acceptors (Lipinski definition) is 2. The zero-order chi connectivity index (χ0) is 15.8. The predicted octanol–water partition coefficient (Wildman–Crippen LogP) is 1.54. The lowest BCUT2D eigenvalue weighted by Crippen LogP contribution is -2.33. The van der Waals surface area contributed by atoms with E-state index in [1.54, 1.807) is 16.9 Å². The van der Waals surface area contributed by atoms with E-state index in [-0.39, 0.29) is 0 Å². The SMILES string of the molecule is [2H]C([2H])([2H])n1c2[n+](c3c1cc1cccnn13)Cc1ncccc1-2. The smallest absolute Gasteiger partial charge is 0.257 e. The van der Waals surface area contributed by atoms with Crippen LogP contribution in [0.2, 0.25) is 0 Å². The van der Waals surface area contributed by atoms with Gasteiger partial charge in [-0.05, 0) is 24.3 Å². The van der Waals surface area contributed by atoms with Crippen molar-refractivity contribution < 1.29 is 8.68 Å². The van der Waals surface area contributed by atoms with E-state index in [1.165, 1.54) is 4.57 Å². The molecule has 5 heteroatoms. The van der Waals surface area contributed by atoms with Crippen LogP contribution >= 0.6 is 0 Å². The first kappa shape index (κ1) is 7.79. The molecule has 5 rings (SSSR count). The van der Waals surface area contributed by atoms with Gasteiger partial charge in [-0.3, -0.25) is 9.55 Å². The van der Waals surface area contributed by atoms with Gasteiger partial charge in [0.15, 0.2) is 5.52 Å². The van der Waals surface area contributed by atoms with Crippen molar-refractivity contribution >= 4 is 16.7 Å². The minimum atomic E-state index is -2.28. The van der Waals surface area contributed by atoms with E-state index in [9.17, 15) is 0 Å². The molecule has 5 nitrogen and oxygen atoms in total. The number of fused-ring (bicyclic) bond motifs is 7. The highest BCUT2D eigenvalue weighted by atomic mass is 15.3. The number of imidazole rings is 1. The second-order valence-electron chi connectivity index (χ2n) is 4.96. The van der Waals surface area contributed by atoms with Crippen molar-refractivity contribution in [3.8, 4) is 11.4 Å². The van der Waals surface area contributed by atoms with E-state index in [0.29, 0.717) is 17.9 Å². The van der Waals surface area contributed by atoms with E-state index >= 15 is 0 Å². The lowest BCUT2D eigenvalue weighted by atomic mass is 10.2. The Labute approximate surface area is 118 Å². The molecular formula is C15H12N5+. The molecule has 5 heterocycles. The highest BCUT2D eigenvalue weighted by molar-refractivity contribution is 5.82. The van der Waals surface area contributed by atoms with Gasteiger partial charge in [0.2, 0.25) is 5.82 Å². The molecule has 4 aromatic rings. The highest BCUT2D eigenvalue weighted by Gasteiger charge is 2.33. The highest BCUT2D eigenvalue weighted by Crippen LogP contribution is 2.30. The van der Waals surface area contributed by atoms with Crippen LogP contribution < -0.4 is 4.57 Å². The van der Waals surface area contributed by atoms with E-state index < -0.39 is 6.98 Å². The molecule has 0 aromatic carbocycles. The van der Waals surface area contributed by atoms with Gasteiger partial charge >= 0.3 is 0 Å². The lowest BCUT2D eigenvalue weighted by Gasteiger charge is -1.95. The number of hydrogen-bond donors (Lipinski definition) is 0. The summed E-state index contributed by atoms with van der Waals surface area (Å²) in [5, 5.41) is 4.38. The van der Waals surface area contributed by atoms with Crippen molar-refractivity contribution in [3.05, 3.63) is 48.4 Å². The van der Waals surface area contributed by atoms with Crippen LogP contribution in [0.25, 0.3) is 28.1 Å². The number of aryl methyl sites for hydroxylation is 1. The third kappa shape index (κ3) is 1.02. The standard InChI is InChI=1S/C15H12N5/c1-18-13-8-10-4-2-7-17-20(10)15(13)19-9-12-11(14(18)19)5-3-6-16-12/h2-8H,9H2,1H3/q+1/i1D3. The van der Waals surface area contributed by atoms with Crippen LogP contribution in [0.15, 0.2) is 42.7 Å². The van der Waals surface area contributed by atoms with Crippen LogP contribution in [0, 0.1) is 0 Å². The monoisotopic (exact) mass is 265 g/mol. The number of rotatable bonds is 0. The molecule has 1 aliphatic heterocycles. The number of pyridine rings is 1. The molecule has 4 aromatic heterocycles. The molecule has 0 spiro atoms. The first-order valence-corrected chi connectivity index (χ1v) is 6.41. The maximum absolute atomic E-state index is 7.99. The van der Waals surface area contributed by atoms with E-state index in [4.69, 9.17) is 4.11 Å². The maximum Gasteiger partial charge on any atom is 0.293 e. The summed E-state index contributed by atoms with van der Waals surface area (Å²) in [5.74, 6) is 0.665. The molecule has 0 unspecified atom stereocenters. The first-order valence-electron chi connectivity index (χ1n) is 7.91. The molecule has 0 radical (unpaired) electrons. The Hall–Kier alpha value is -2.69. The Kier molecular flexibility index (Phi) is 1.27. The third-order valence-electron chi connectivity index (χ3n) is 3.90. The molecule has 0 aliphatic carbocycles. The second-order valence-corrected chi connectivity index (χ2v) is 4.96. The quantitative estimate of drug-likeness (QED) is 0.398. The lowest BCUT2D eigenvalue weighted by molar-refractivity contribution is -0.648. The van der Waals surface area contributed by atoms with E-state index in [0.717, 1.165) is 22.4 Å². The Morgan fingerprint density at radius 1 is 1.30 bits per heavy atom. The Bertz CT molecular complexity index is 1090. The molecular weight excluding hydrogens is 250 g/mol. The van der Waals surface area contributed by atoms with E-state index in [1.807, 2.05) is 34.9 Å². The fraction of sp³-hybridized carbons (Fsp3) is 0.133. The van der Waals surface area contributed by atoms with Crippen molar-refractivity contribution in [3.63, 3.8) is 0 Å². The zero-order valence-corrected chi connectivity index (χ0v) is 10.5. The largest absolute Gasteiger partial charge is 0.293 e. The third-order valence-corrected chi connectivity index (χ3v) is 3.90. The number of aromatic nitrogens is 5. The fourth-order valence-electron chi connectivity index (χ4n) is 3.07. The molecule has 0 saturated carbocycles. The summed E-state index contributed by atoms with van der Waals surface area (Å²) >= 11 is 0. The summed E-state index contributed by atoms with van der Waals surface area (Å²) in [6, 6.07) is 9.39. The normalized spacial score (nSPS) is 15.9. The van der Waals surface area contributed by atoms with Crippen LogP contribution in [0.5, 0.6) is 0 Å². The van der Waals surface area contributed by atoms with Crippen molar-refractivity contribution in [1.82, 2.24) is 19.2 Å². The van der Waals surface area contributed by atoms with E-state index in [2.05, 4.69) is 10.1 Å². The van der Waals surface area contributed by atoms with Crippen LogP contribution in [-0.2, 0) is 13.5 Å². The molecule has 0 fully saturated rings. The summed E-state index contributed by atoms with van der Waals surface area (Å²) < 4.78 is 29.2. The molecule has 96 valence electrons. The van der Waals surface area contributed by atoms with Gasteiger partial charge in [0.1, 0.15) is 12.1 Å². The van der Waals surface area contributed by atoms with Crippen LogP contribution in [0.3, 0.4) is 0 Å². The number of nitrogens with zero attached hydrogens (tertiary/aromatic N) is 5. The average molecular weight is 265 g/mol. The minimum absolute atomic E-state index is 0.549. The topological polar surface area (TPSA) is 39.0 Å². The van der Waals surface area contributed by atoms with Crippen molar-refractivity contribution in [1.29, 1.82) is 0 Å². The van der Waals surface area contributed by atoms with Gasteiger partial charge in [0, 0.05) is 12.3 Å². The van der Waals surface area contributed by atoms with Crippen molar-refractivity contribution in [2.24, 2.45) is 6.98 Å². The molecule has 20 heavy (non-hydrogen) atoms. The summed E-state index contributed by atoms with van der Waals surface area (Å²) in [7, 11) is 0. The first-order chi connectivity index (χ1) is 11.1. The minimum Gasteiger partial charge on any atom is -0.257 e. The average Bonchev–Trinajstić information content (AvgIpc) is 3.12. The summed E-state index contributed by atoms with van der Waals surface area (Å²) in [6.45, 7) is -1.73. The molecule has 1 aliphatic rings. The van der Waals surface area contributed by atoms with Crippen molar-refractivity contribution in [2.45, 2.75) is 6.54 Å². The Morgan fingerprint density at radius 3 is 3.20 bits per heavy atom. The van der Waals surface area contributed by atoms with Gasteiger partial charge in [-0.2, -0.15) is 0 Å². The van der Waals surface area contributed by atoms with Crippen LogP contribution in [-0.4, -0.2) is 19.2 Å². The van der Waals surface area contributed by atoms with Gasteiger partial charge < -0.3 is 0 Å². The molecule has 0 N–H and O–H groups in total. The fourth-order valence-corrected chi connectivity index (χ4v) is 3.07. The van der Waals surface area contributed by atoms with Gasteiger partial charge in [-0.25, -0.2) is 4.57 Å². The summed E-state index contributed by atoms with van der Waals surface area (Å²) in [6.07, 6.45) is 3.43. The zero-order valence-electron chi connectivity index (χ0n) is 13.5. The summed E-state index contributed by atoms with van der Waals surface area (Å²) in [4.78, 5) is 4.39. The Balaban J connectivity index is 2.01. The van der Waals surface area contributed by atoms with Gasteiger partial charge in [-0.15, -0.1) is 9.61 Å². The van der Waals surface area contributed by atoms with Gasteiger partial charge in [0.25, 0.3) is 5.65 Å². The molecule has 0 bridgehead atoms. The molecule has 0 amide bonds. The molecule has 0 saturated heterocycles. The van der Waals surface area contributed by atoms with Gasteiger partial charge in [0.05, 0.1) is 28.5 Å². The maximum atomic E-state index is 7.99. The Morgan fingerprint density at radius 2 is 2.25 bits per heavy atom.